The van der Waals surface area contributed by atoms with Gasteiger partial charge in [0.05, 0.1) is 12.0 Å². The number of aromatic nitrogens is 1. The van der Waals surface area contributed by atoms with Gasteiger partial charge in [0.1, 0.15) is 5.76 Å². The van der Waals surface area contributed by atoms with Crippen molar-refractivity contribution in [2.24, 2.45) is 0 Å². The van der Waals surface area contributed by atoms with Gasteiger partial charge in [-0.15, -0.1) is 0 Å². The average Bonchev–Trinajstić information content (AvgIpc) is 3.31. The van der Waals surface area contributed by atoms with Gasteiger partial charge in [-0.1, -0.05) is 5.16 Å². The Morgan fingerprint density at radius 1 is 0.881 bits per heavy atom. The Hall–Kier alpha value is -4.51. The van der Waals surface area contributed by atoms with Crippen molar-refractivity contribution >= 4 is 51.3 Å². The standard InChI is InChI=1S/C25H29N3O13S/c1-12-11-19(27-41-12)28(42(34,35)18-9-7-17(8-10-18)26-13(2)29)24-22(39-16(5)32)20(37-14(3)30)21(38-15(4)31)23(40-24)25(33)36-6/h7-11,20-24H,1-6H3,(H,26,29)/t20-,21-,22+,23-,24+/m0/s1. The summed E-state index contributed by atoms with van der Waals surface area (Å²) >= 11 is 0. The minimum atomic E-state index is -4.72. The summed E-state index contributed by atoms with van der Waals surface area (Å²) in [7, 11) is -3.72. The number of sulfonamides is 1. The van der Waals surface area contributed by atoms with Crippen LogP contribution in [-0.4, -0.2) is 81.1 Å². The SMILES string of the molecule is COC(=O)[C@H]1O[C@@H](N(c2cc(C)on2)S(=O)(=O)c2ccc(NC(C)=O)cc2)[C@H](OC(C)=O)[C@@H](OC(C)=O)[C@@H]1OC(C)=O. The van der Waals surface area contributed by atoms with E-state index in [2.05, 4.69) is 10.5 Å². The molecule has 1 aromatic carbocycles. The summed E-state index contributed by atoms with van der Waals surface area (Å²) in [6.45, 7) is 5.75. The fourth-order valence-corrected chi connectivity index (χ4v) is 5.64. The van der Waals surface area contributed by atoms with E-state index in [4.69, 9.17) is 28.2 Å². The molecule has 3 rings (SSSR count). The molecule has 1 N–H and O–H groups in total. The van der Waals surface area contributed by atoms with Crippen LogP contribution in [0.5, 0.6) is 0 Å². The number of carbonyl (C=O) groups is 5. The second-order valence-corrected chi connectivity index (χ2v) is 10.8. The van der Waals surface area contributed by atoms with Gasteiger partial charge in [-0.25, -0.2) is 17.5 Å². The maximum atomic E-state index is 14.2. The third-order valence-electron chi connectivity index (χ3n) is 5.66. The molecule has 0 saturated carbocycles. The number of hydrogen-bond acceptors (Lipinski definition) is 14. The van der Waals surface area contributed by atoms with Gasteiger partial charge in [0.2, 0.25) is 5.91 Å². The van der Waals surface area contributed by atoms with E-state index in [1.165, 1.54) is 44.2 Å². The fraction of sp³-hybridized carbons (Fsp3) is 0.440. The van der Waals surface area contributed by atoms with Crippen molar-refractivity contribution in [2.75, 3.05) is 16.7 Å². The first-order valence-electron chi connectivity index (χ1n) is 12.3. The molecule has 5 atom stereocenters. The Kier molecular flexibility index (Phi) is 9.90. The van der Waals surface area contributed by atoms with Crippen LogP contribution < -0.4 is 9.62 Å². The van der Waals surface area contributed by atoms with Gasteiger partial charge in [-0.3, -0.25) is 19.2 Å². The molecule has 1 saturated heterocycles. The van der Waals surface area contributed by atoms with Crippen LogP contribution in [-0.2, 0) is 57.7 Å². The number of anilines is 2. The lowest BCUT2D eigenvalue weighted by atomic mass is 9.96. The van der Waals surface area contributed by atoms with Gasteiger partial charge in [-0.05, 0) is 31.2 Å². The van der Waals surface area contributed by atoms with Crippen LogP contribution in [0.4, 0.5) is 11.5 Å². The van der Waals surface area contributed by atoms with E-state index < -0.39 is 70.5 Å². The topological polar surface area (TPSA) is 207 Å². The van der Waals surface area contributed by atoms with Gasteiger partial charge in [0.15, 0.2) is 36.5 Å². The van der Waals surface area contributed by atoms with Crippen molar-refractivity contribution in [3.63, 3.8) is 0 Å². The van der Waals surface area contributed by atoms with Crippen LogP contribution in [0.15, 0.2) is 39.8 Å². The third kappa shape index (κ3) is 7.22. The van der Waals surface area contributed by atoms with E-state index >= 15 is 0 Å². The van der Waals surface area contributed by atoms with Crippen LogP contribution in [0.3, 0.4) is 0 Å². The highest BCUT2D eigenvalue weighted by Gasteiger charge is 2.58. The van der Waals surface area contributed by atoms with Gasteiger partial charge >= 0.3 is 23.9 Å². The molecule has 1 aromatic heterocycles. The van der Waals surface area contributed by atoms with E-state index in [1.807, 2.05) is 0 Å². The molecule has 0 spiro atoms. The van der Waals surface area contributed by atoms with Crippen molar-refractivity contribution in [3.8, 4) is 0 Å². The van der Waals surface area contributed by atoms with Gasteiger partial charge < -0.3 is 33.5 Å². The summed E-state index contributed by atoms with van der Waals surface area (Å²) < 4.78 is 60.6. The van der Waals surface area contributed by atoms with Crippen LogP contribution >= 0.6 is 0 Å². The molecule has 2 aromatic rings. The zero-order valence-electron chi connectivity index (χ0n) is 23.4. The first-order chi connectivity index (χ1) is 19.6. The minimum Gasteiger partial charge on any atom is -0.467 e. The first kappa shape index (κ1) is 32.0. The molecule has 0 unspecified atom stereocenters. The number of ether oxygens (including phenoxy) is 5. The van der Waals surface area contributed by atoms with E-state index in [0.29, 0.717) is 9.99 Å². The minimum absolute atomic E-state index is 0.171. The summed E-state index contributed by atoms with van der Waals surface area (Å²) in [4.78, 5) is 60.3. The number of amides is 1. The average molecular weight is 612 g/mol. The molecule has 42 heavy (non-hydrogen) atoms. The molecule has 0 radical (unpaired) electrons. The lowest BCUT2D eigenvalue weighted by Crippen LogP contribution is -2.67. The zero-order chi connectivity index (χ0) is 31.4. The molecule has 1 aliphatic rings. The third-order valence-corrected chi connectivity index (χ3v) is 7.44. The lowest BCUT2D eigenvalue weighted by molar-refractivity contribution is -0.246. The van der Waals surface area contributed by atoms with Crippen molar-refractivity contribution in [2.45, 2.75) is 70.2 Å². The Bertz CT molecular complexity index is 1450. The largest absolute Gasteiger partial charge is 0.467 e. The molecule has 1 aliphatic heterocycles. The summed E-state index contributed by atoms with van der Waals surface area (Å²) in [6.07, 6.45) is -9.13. The molecule has 228 valence electrons. The van der Waals surface area contributed by atoms with Crippen molar-refractivity contribution in [1.82, 2.24) is 5.16 Å². The summed E-state index contributed by atoms with van der Waals surface area (Å²) in [5.41, 5.74) is 0.293. The first-order valence-corrected chi connectivity index (χ1v) is 13.7. The molecular formula is C25H29N3O13S. The lowest BCUT2D eigenvalue weighted by Gasteiger charge is -2.46. The number of benzene rings is 1. The van der Waals surface area contributed by atoms with Crippen LogP contribution in [0.2, 0.25) is 0 Å². The summed E-state index contributed by atoms with van der Waals surface area (Å²) in [6, 6.07) is 6.22. The van der Waals surface area contributed by atoms with Crippen molar-refractivity contribution in [1.29, 1.82) is 0 Å². The summed E-state index contributed by atoms with van der Waals surface area (Å²) in [5, 5.41) is 6.29. The maximum Gasteiger partial charge on any atom is 0.339 e. The number of nitrogens with one attached hydrogen (secondary N) is 1. The monoisotopic (exact) mass is 611 g/mol. The maximum absolute atomic E-state index is 14.2. The van der Waals surface area contributed by atoms with Crippen LogP contribution in [0, 0.1) is 6.92 Å². The molecule has 1 amide bonds. The Morgan fingerprint density at radius 3 is 1.90 bits per heavy atom. The van der Waals surface area contributed by atoms with Crippen LogP contribution in [0.25, 0.3) is 0 Å². The van der Waals surface area contributed by atoms with Gasteiger partial charge in [-0.2, -0.15) is 0 Å². The molecule has 1 fully saturated rings. The second kappa shape index (κ2) is 13.0. The highest BCUT2D eigenvalue weighted by atomic mass is 32.2. The predicted molar refractivity (Wildman–Crippen MR) is 139 cm³/mol. The second-order valence-electron chi connectivity index (χ2n) is 8.99. The normalized spacial score (nSPS) is 21.9. The number of hydrogen-bond donors (Lipinski definition) is 1. The fourth-order valence-electron chi connectivity index (χ4n) is 4.16. The molecule has 0 aliphatic carbocycles. The number of esters is 4. The van der Waals surface area contributed by atoms with Crippen LogP contribution in [0.1, 0.15) is 33.5 Å². The van der Waals surface area contributed by atoms with E-state index in [-0.39, 0.29) is 16.5 Å². The number of carbonyl (C=O) groups excluding carboxylic acids is 5. The van der Waals surface area contributed by atoms with Crippen molar-refractivity contribution in [3.05, 3.63) is 36.1 Å². The number of methoxy groups -OCH3 is 1. The Labute approximate surface area is 240 Å². The van der Waals surface area contributed by atoms with E-state index in [0.717, 1.165) is 27.9 Å². The number of aryl methyl sites for hydroxylation is 1. The van der Waals surface area contributed by atoms with Crippen molar-refractivity contribution < 1.29 is 60.6 Å². The molecule has 0 bridgehead atoms. The molecule has 17 heteroatoms. The Balaban J connectivity index is 2.27. The Morgan fingerprint density at radius 2 is 1.43 bits per heavy atom. The zero-order valence-corrected chi connectivity index (χ0v) is 24.2. The van der Waals surface area contributed by atoms with E-state index in [1.54, 1.807) is 0 Å². The van der Waals surface area contributed by atoms with Gasteiger partial charge in [0, 0.05) is 39.4 Å². The number of rotatable bonds is 9. The molecular weight excluding hydrogens is 582 g/mol. The predicted octanol–water partition coefficient (Wildman–Crippen LogP) is 0.830. The smallest absolute Gasteiger partial charge is 0.339 e. The molecule has 2 heterocycles. The van der Waals surface area contributed by atoms with E-state index in [9.17, 15) is 32.4 Å². The summed E-state index contributed by atoms with van der Waals surface area (Å²) in [5.74, 6) is -4.54. The number of nitrogens with zero attached hydrogens (tertiary/aromatic N) is 2. The quantitative estimate of drug-likeness (QED) is 0.308. The molecule has 16 nitrogen and oxygen atoms in total. The van der Waals surface area contributed by atoms with Gasteiger partial charge in [0.25, 0.3) is 10.0 Å². The highest BCUT2D eigenvalue weighted by Crippen LogP contribution is 2.36. The highest BCUT2D eigenvalue weighted by molar-refractivity contribution is 7.92.